The van der Waals surface area contributed by atoms with Gasteiger partial charge >= 0.3 is 0 Å². The van der Waals surface area contributed by atoms with Crippen LogP contribution in [0, 0.1) is 5.82 Å². The molecule has 0 aliphatic heterocycles. The average molecular weight is 388 g/mol. The highest BCUT2D eigenvalue weighted by molar-refractivity contribution is 7.13. The fourth-order valence-electron chi connectivity index (χ4n) is 2.28. The molecule has 0 saturated carbocycles. The van der Waals surface area contributed by atoms with Gasteiger partial charge in [0.1, 0.15) is 16.6 Å². The Bertz CT molecular complexity index is 911. The molecule has 0 bridgehead atoms. The van der Waals surface area contributed by atoms with Gasteiger partial charge in [-0.15, -0.1) is 10.2 Å². The van der Waals surface area contributed by atoms with Crippen LogP contribution in [0.4, 0.5) is 10.1 Å². The van der Waals surface area contributed by atoms with Gasteiger partial charge in [-0.2, -0.15) is 0 Å². The van der Waals surface area contributed by atoms with E-state index in [1.165, 1.54) is 18.2 Å². The molecule has 0 unspecified atom stereocenters. The van der Waals surface area contributed by atoms with E-state index >= 15 is 0 Å². The van der Waals surface area contributed by atoms with Gasteiger partial charge in [-0.1, -0.05) is 17.4 Å². The molecule has 0 atom stereocenters. The van der Waals surface area contributed by atoms with Gasteiger partial charge in [0.15, 0.2) is 0 Å². The minimum absolute atomic E-state index is 0.0833. The smallest absolute Gasteiger partial charge is 0.286 e. The monoisotopic (exact) mass is 388 g/mol. The predicted molar refractivity (Wildman–Crippen MR) is 97.8 cm³/mol. The number of halogens is 1. The summed E-state index contributed by atoms with van der Waals surface area (Å²) in [7, 11) is 0. The molecule has 0 fully saturated rings. The summed E-state index contributed by atoms with van der Waals surface area (Å²) in [6.45, 7) is 0.356. The van der Waals surface area contributed by atoms with Crippen molar-refractivity contribution in [2.24, 2.45) is 0 Å². The summed E-state index contributed by atoms with van der Waals surface area (Å²) in [4.78, 5) is 23.9. The average Bonchev–Trinajstić information content (AvgIpc) is 3.32. The van der Waals surface area contributed by atoms with Crippen LogP contribution < -0.4 is 10.6 Å². The fraction of sp³-hybridized carbons (Fsp3) is 0.222. The van der Waals surface area contributed by atoms with Crippen molar-refractivity contribution in [3.63, 3.8) is 0 Å². The number of nitrogens with zero attached hydrogens (tertiary/aromatic N) is 2. The fourth-order valence-corrected chi connectivity index (χ4v) is 3.06. The van der Waals surface area contributed by atoms with Crippen LogP contribution in [0.2, 0.25) is 0 Å². The highest BCUT2D eigenvalue weighted by atomic mass is 32.1. The van der Waals surface area contributed by atoms with Crippen molar-refractivity contribution in [2.45, 2.75) is 25.8 Å². The first kappa shape index (κ1) is 18.7. The lowest BCUT2D eigenvalue weighted by Gasteiger charge is -2.02. The van der Waals surface area contributed by atoms with E-state index in [2.05, 4.69) is 20.8 Å². The van der Waals surface area contributed by atoms with Crippen molar-refractivity contribution in [3.8, 4) is 0 Å². The number of anilines is 1. The molecule has 3 rings (SSSR count). The van der Waals surface area contributed by atoms with Crippen LogP contribution in [0.25, 0.3) is 0 Å². The highest BCUT2D eigenvalue weighted by Crippen LogP contribution is 2.16. The quantitative estimate of drug-likeness (QED) is 0.618. The maximum atomic E-state index is 13.1. The molecule has 7 nitrogen and oxygen atoms in total. The van der Waals surface area contributed by atoms with E-state index < -0.39 is 11.7 Å². The summed E-state index contributed by atoms with van der Waals surface area (Å²) in [5, 5.41) is 14.0. The number of rotatable bonds is 8. The lowest BCUT2D eigenvalue weighted by atomic mass is 10.2. The molecule has 2 aromatic heterocycles. The number of furan rings is 1. The largest absolute Gasteiger partial charge is 0.467 e. The minimum Gasteiger partial charge on any atom is -0.467 e. The van der Waals surface area contributed by atoms with Crippen LogP contribution in [-0.2, 0) is 17.8 Å². The third kappa shape index (κ3) is 5.71. The number of aromatic nitrogens is 2. The second-order valence-electron chi connectivity index (χ2n) is 5.68. The topological polar surface area (TPSA) is 97.1 Å². The zero-order valence-electron chi connectivity index (χ0n) is 14.3. The van der Waals surface area contributed by atoms with E-state index in [4.69, 9.17) is 4.42 Å². The number of aryl methyl sites for hydroxylation is 1. The molecule has 0 saturated heterocycles. The third-order valence-corrected chi connectivity index (χ3v) is 4.56. The van der Waals surface area contributed by atoms with Gasteiger partial charge in [0.05, 0.1) is 12.8 Å². The molecule has 2 heterocycles. The SMILES string of the molecule is O=C(CCCc1nnc(C(=O)Nc2cccc(F)c2)s1)NCc1ccco1. The van der Waals surface area contributed by atoms with Crippen LogP contribution in [-0.4, -0.2) is 22.0 Å². The van der Waals surface area contributed by atoms with Gasteiger partial charge in [0.2, 0.25) is 10.9 Å². The Morgan fingerprint density at radius 3 is 2.85 bits per heavy atom. The molecule has 0 spiro atoms. The third-order valence-electron chi connectivity index (χ3n) is 3.58. The number of amides is 2. The maximum absolute atomic E-state index is 13.1. The van der Waals surface area contributed by atoms with Gasteiger partial charge in [-0.05, 0) is 36.8 Å². The number of hydrogen-bond donors (Lipinski definition) is 2. The first-order valence-corrected chi connectivity index (χ1v) is 9.10. The predicted octanol–water partition coefficient (Wildman–Crippen LogP) is 3.16. The molecule has 2 N–H and O–H groups in total. The number of benzene rings is 1. The molecule has 9 heteroatoms. The van der Waals surface area contributed by atoms with E-state index in [-0.39, 0.29) is 10.9 Å². The van der Waals surface area contributed by atoms with Crippen LogP contribution in [0.1, 0.15) is 33.4 Å². The summed E-state index contributed by atoms with van der Waals surface area (Å²) in [5.41, 5.74) is 0.352. The Morgan fingerprint density at radius 1 is 1.19 bits per heavy atom. The van der Waals surface area contributed by atoms with Crippen molar-refractivity contribution in [1.29, 1.82) is 0 Å². The number of carbonyl (C=O) groups excluding carboxylic acids is 2. The Balaban J connectivity index is 1.42. The first-order chi connectivity index (χ1) is 13.1. The molecule has 2 amide bonds. The lowest BCUT2D eigenvalue weighted by Crippen LogP contribution is -2.22. The summed E-state index contributed by atoms with van der Waals surface area (Å²) in [5.74, 6) is -0.266. The minimum atomic E-state index is -0.444. The molecule has 0 aliphatic rings. The van der Waals surface area contributed by atoms with Crippen LogP contribution in [0.3, 0.4) is 0 Å². The van der Waals surface area contributed by atoms with Crippen molar-refractivity contribution in [1.82, 2.24) is 15.5 Å². The van der Waals surface area contributed by atoms with Crippen molar-refractivity contribution < 1.29 is 18.4 Å². The lowest BCUT2D eigenvalue weighted by molar-refractivity contribution is -0.121. The molecule has 0 radical (unpaired) electrons. The normalized spacial score (nSPS) is 10.6. The highest BCUT2D eigenvalue weighted by Gasteiger charge is 2.13. The van der Waals surface area contributed by atoms with Crippen molar-refractivity contribution in [3.05, 3.63) is 64.3 Å². The first-order valence-electron chi connectivity index (χ1n) is 8.28. The maximum Gasteiger partial charge on any atom is 0.286 e. The van der Waals surface area contributed by atoms with Crippen molar-refractivity contribution in [2.75, 3.05) is 5.32 Å². The van der Waals surface area contributed by atoms with E-state index in [0.29, 0.717) is 42.3 Å². The van der Waals surface area contributed by atoms with Crippen molar-refractivity contribution >= 4 is 28.8 Å². The number of hydrogen-bond acceptors (Lipinski definition) is 6. The van der Waals surface area contributed by atoms with Crippen LogP contribution in [0.15, 0.2) is 47.1 Å². The molecular weight excluding hydrogens is 371 g/mol. The Hall–Kier alpha value is -3.07. The van der Waals surface area contributed by atoms with Gasteiger partial charge in [0, 0.05) is 18.5 Å². The molecular formula is C18H17FN4O3S. The van der Waals surface area contributed by atoms with E-state index in [1.54, 1.807) is 24.5 Å². The summed E-state index contributed by atoms with van der Waals surface area (Å²) >= 11 is 1.15. The van der Waals surface area contributed by atoms with Gasteiger partial charge in [-0.3, -0.25) is 9.59 Å². The van der Waals surface area contributed by atoms with E-state index in [9.17, 15) is 14.0 Å². The second-order valence-corrected chi connectivity index (χ2v) is 6.74. The molecule has 27 heavy (non-hydrogen) atoms. The zero-order chi connectivity index (χ0) is 19.1. The summed E-state index contributed by atoms with van der Waals surface area (Å²) in [6.07, 6.45) is 3.02. The van der Waals surface area contributed by atoms with Gasteiger partial charge in [-0.25, -0.2) is 4.39 Å². The Kier molecular flexibility index (Phi) is 6.26. The number of nitrogens with one attached hydrogen (secondary N) is 2. The molecule has 140 valence electrons. The summed E-state index contributed by atoms with van der Waals surface area (Å²) in [6, 6.07) is 9.17. The zero-order valence-corrected chi connectivity index (χ0v) is 15.1. The van der Waals surface area contributed by atoms with Gasteiger partial charge in [0.25, 0.3) is 5.91 Å². The number of carbonyl (C=O) groups is 2. The molecule has 1 aromatic carbocycles. The molecule has 3 aromatic rings. The van der Waals surface area contributed by atoms with Gasteiger partial charge < -0.3 is 15.1 Å². The summed E-state index contributed by atoms with van der Waals surface area (Å²) < 4.78 is 18.3. The Morgan fingerprint density at radius 2 is 2.07 bits per heavy atom. The van der Waals surface area contributed by atoms with E-state index in [0.717, 1.165) is 11.3 Å². The Labute approximate surface area is 158 Å². The molecule has 0 aliphatic carbocycles. The van der Waals surface area contributed by atoms with Crippen LogP contribution in [0.5, 0.6) is 0 Å². The van der Waals surface area contributed by atoms with Crippen LogP contribution >= 0.6 is 11.3 Å². The van der Waals surface area contributed by atoms with E-state index in [1.807, 2.05) is 0 Å². The standard InChI is InChI=1S/C18H17FN4O3S/c19-12-4-1-5-13(10-12)21-17(25)18-23-22-16(27-18)8-2-7-15(24)20-11-14-6-3-9-26-14/h1,3-6,9-10H,2,7-8,11H2,(H,20,24)(H,21,25). The second kappa shape index (κ2) is 9.04.